The fourth-order valence-corrected chi connectivity index (χ4v) is 1.46. The molecule has 76 valence electrons. The van der Waals surface area contributed by atoms with E-state index in [1.807, 2.05) is 0 Å². The third kappa shape index (κ3) is 3.34. The van der Waals surface area contributed by atoms with Crippen molar-refractivity contribution in [2.24, 2.45) is 5.92 Å². The number of carbonyl (C=O) groups is 1. The summed E-state index contributed by atoms with van der Waals surface area (Å²) in [5.41, 5.74) is 0. The molecule has 0 atom stereocenters. The van der Waals surface area contributed by atoms with Gasteiger partial charge in [0.05, 0.1) is 0 Å². The normalized spacial score (nSPS) is 20.2. The maximum absolute atomic E-state index is 11.8. The average Bonchev–Trinajstić information content (AvgIpc) is 2.04. The molecule has 0 spiro atoms. The van der Waals surface area contributed by atoms with Crippen LogP contribution in [0, 0.1) is 5.92 Å². The molecule has 2 nitrogen and oxygen atoms in total. The summed E-state index contributed by atoms with van der Waals surface area (Å²) >= 11 is 0. The lowest BCUT2D eigenvalue weighted by Gasteiger charge is -2.22. The summed E-state index contributed by atoms with van der Waals surface area (Å²) in [5.74, 6) is -1.67. The number of halogens is 3. The smallest absolute Gasteiger partial charge is 0.317 e. The molecule has 0 amide bonds. The molecule has 0 radical (unpaired) electrons. The van der Waals surface area contributed by atoms with Gasteiger partial charge < -0.3 is 5.32 Å². The van der Waals surface area contributed by atoms with Gasteiger partial charge in [0.2, 0.25) is 5.78 Å². The molecule has 1 heterocycles. The molecule has 1 rings (SSSR count). The van der Waals surface area contributed by atoms with Crippen molar-refractivity contribution in [3.8, 4) is 0 Å². The number of piperidine rings is 1. The summed E-state index contributed by atoms with van der Waals surface area (Å²) < 4.78 is 35.5. The van der Waals surface area contributed by atoms with Crippen LogP contribution in [0.4, 0.5) is 13.2 Å². The first-order valence-electron chi connectivity index (χ1n) is 4.31. The van der Waals surface area contributed by atoms with Gasteiger partial charge in [0.25, 0.3) is 0 Å². The summed E-state index contributed by atoms with van der Waals surface area (Å²) in [4.78, 5) is 10.6. The summed E-state index contributed by atoms with van der Waals surface area (Å²) in [6, 6.07) is 0. The highest BCUT2D eigenvalue weighted by Gasteiger charge is 2.39. The molecule has 1 N–H and O–H groups in total. The molecule has 0 aromatic carbocycles. The van der Waals surface area contributed by atoms with E-state index in [1.165, 1.54) is 0 Å². The summed E-state index contributed by atoms with van der Waals surface area (Å²) in [6.07, 6.45) is -3.65. The molecule has 1 aliphatic rings. The first-order chi connectivity index (χ1) is 6.00. The predicted octanol–water partition coefficient (Wildman–Crippen LogP) is 1.51. The Hall–Kier alpha value is -0.580. The summed E-state index contributed by atoms with van der Waals surface area (Å²) in [6.45, 7) is 1.44. The van der Waals surface area contributed by atoms with Crippen molar-refractivity contribution in [1.82, 2.24) is 5.32 Å². The first-order valence-corrected chi connectivity index (χ1v) is 4.31. The van der Waals surface area contributed by atoms with Crippen LogP contribution in [-0.2, 0) is 4.79 Å². The monoisotopic (exact) mass is 195 g/mol. The van der Waals surface area contributed by atoms with Gasteiger partial charge in [0.15, 0.2) is 0 Å². The van der Waals surface area contributed by atoms with Gasteiger partial charge in [-0.15, -0.1) is 0 Å². The topological polar surface area (TPSA) is 29.1 Å². The Morgan fingerprint density at radius 1 is 1.31 bits per heavy atom. The zero-order valence-corrected chi connectivity index (χ0v) is 7.16. The van der Waals surface area contributed by atoms with Gasteiger partial charge in [-0.1, -0.05) is 0 Å². The minimum absolute atomic E-state index is 0.0876. The van der Waals surface area contributed by atoms with Crippen LogP contribution in [0.25, 0.3) is 0 Å². The molecule has 1 fully saturated rings. The predicted molar refractivity (Wildman–Crippen MR) is 41.3 cm³/mol. The van der Waals surface area contributed by atoms with E-state index in [0.29, 0.717) is 12.8 Å². The molecular formula is C8H12F3NO. The van der Waals surface area contributed by atoms with Crippen molar-refractivity contribution in [1.29, 1.82) is 0 Å². The highest BCUT2D eigenvalue weighted by atomic mass is 19.4. The minimum Gasteiger partial charge on any atom is -0.317 e. The SMILES string of the molecule is O=C(CC1CCNCC1)C(F)(F)F. The van der Waals surface area contributed by atoms with Crippen LogP contribution in [0.5, 0.6) is 0 Å². The van der Waals surface area contributed by atoms with Gasteiger partial charge in [-0.2, -0.15) is 13.2 Å². The lowest BCUT2D eigenvalue weighted by atomic mass is 9.92. The average molecular weight is 195 g/mol. The van der Waals surface area contributed by atoms with Gasteiger partial charge >= 0.3 is 6.18 Å². The van der Waals surface area contributed by atoms with Gasteiger partial charge in [-0.05, 0) is 31.8 Å². The van der Waals surface area contributed by atoms with Crippen LogP contribution in [0.1, 0.15) is 19.3 Å². The van der Waals surface area contributed by atoms with Crippen LogP contribution in [0.3, 0.4) is 0 Å². The Bertz CT molecular complexity index is 184. The van der Waals surface area contributed by atoms with Crippen molar-refractivity contribution >= 4 is 5.78 Å². The Kier molecular flexibility index (Phi) is 3.30. The number of hydrogen-bond donors (Lipinski definition) is 1. The molecule has 0 aliphatic carbocycles. The van der Waals surface area contributed by atoms with Crippen molar-refractivity contribution < 1.29 is 18.0 Å². The van der Waals surface area contributed by atoms with Crippen molar-refractivity contribution in [2.45, 2.75) is 25.4 Å². The molecule has 0 aromatic rings. The number of ketones is 1. The fraction of sp³-hybridized carbons (Fsp3) is 0.875. The maximum Gasteiger partial charge on any atom is 0.449 e. The Labute approximate surface area is 74.5 Å². The highest BCUT2D eigenvalue weighted by Crippen LogP contribution is 2.24. The van der Waals surface area contributed by atoms with Crippen LogP contribution in [-0.4, -0.2) is 25.0 Å². The second-order valence-corrected chi connectivity index (χ2v) is 3.32. The van der Waals surface area contributed by atoms with Crippen molar-refractivity contribution in [3.05, 3.63) is 0 Å². The summed E-state index contributed by atoms with van der Waals surface area (Å²) in [7, 11) is 0. The zero-order chi connectivity index (χ0) is 9.90. The van der Waals surface area contributed by atoms with E-state index in [9.17, 15) is 18.0 Å². The number of Topliss-reactive ketones (excluding diaryl/α,β-unsaturated/α-hetero) is 1. The molecule has 0 bridgehead atoms. The molecule has 0 saturated carbocycles. The van der Waals surface area contributed by atoms with Crippen LogP contribution >= 0.6 is 0 Å². The molecule has 0 aromatic heterocycles. The second-order valence-electron chi connectivity index (χ2n) is 3.32. The van der Waals surface area contributed by atoms with Gasteiger partial charge in [0.1, 0.15) is 0 Å². The van der Waals surface area contributed by atoms with Crippen molar-refractivity contribution in [3.63, 3.8) is 0 Å². The van der Waals surface area contributed by atoms with Crippen LogP contribution in [0.2, 0.25) is 0 Å². The first kappa shape index (κ1) is 10.5. The van der Waals surface area contributed by atoms with Gasteiger partial charge in [-0.3, -0.25) is 4.79 Å². The lowest BCUT2D eigenvalue weighted by molar-refractivity contribution is -0.172. The minimum atomic E-state index is -4.65. The number of hydrogen-bond acceptors (Lipinski definition) is 2. The number of carbonyl (C=O) groups excluding carboxylic acids is 1. The highest BCUT2D eigenvalue weighted by molar-refractivity contribution is 5.84. The lowest BCUT2D eigenvalue weighted by Crippen LogP contribution is -2.32. The quantitative estimate of drug-likeness (QED) is 0.723. The van der Waals surface area contributed by atoms with E-state index >= 15 is 0 Å². The van der Waals surface area contributed by atoms with Crippen molar-refractivity contribution in [2.75, 3.05) is 13.1 Å². The van der Waals surface area contributed by atoms with E-state index in [4.69, 9.17) is 0 Å². The van der Waals surface area contributed by atoms with E-state index in [2.05, 4.69) is 5.32 Å². The Balaban J connectivity index is 2.35. The molecular weight excluding hydrogens is 183 g/mol. The molecule has 5 heteroatoms. The van der Waals surface area contributed by atoms with Gasteiger partial charge in [-0.25, -0.2) is 0 Å². The molecule has 1 aliphatic heterocycles. The Morgan fingerprint density at radius 3 is 2.31 bits per heavy atom. The van der Waals surface area contributed by atoms with E-state index < -0.39 is 12.0 Å². The standard InChI is InChI=1S/C8H12F3NO/c9-8(10,11)7(13)5-6-1-3-12-4-2-6/h6,12H,1-5H2. The number of rotatable bonds is 2. The maximum atomic E-state index is 11.8. The third-order valence-electron chi connectivity index (χ3n) is 2.25. The van der Waals surface area contributed by atoms with Crippen LogP contribution < -0.4 is 5.32 Å². The van der Waals surface area contributed by atoms with Crippen LogP contribution in [0.15, 0.2) is 0 Å². The largest absolute Gasteiger partial charge is 0.449 e. The third-order valence-corrected chi connectivity index (χ3v) is 2.25. The van der Waals surface area contributed by atoms with E-state index in [-0.39, 0.29) is 12.3 Å². The molecule has 0 unspecified atom stereocenters. The number of alkyl halides is 3. The molecule has 1 saturated heterocycles. The molecule has 13 heavy (non-hydrogen) atoms. The summed E-state index contributed by atoms with van der Waals surface area (Å²) in [5, 5.41) is 3.03. The van der Waals surface area contributed by atoms with Gasteiger partial charge in [0, 0.05) is 6.42 Å². The zero-order valence-electron chi connectivity index (χ0n) is 7.16. The fourth-order valence-electron chi connectivity index (χ4n) is 1.46. The van der Waals surface area contributed by atoms with E-state index in [0.717, 1.165) is 13.1 Å². The van der Waals surface area contributed by atoms with E-state index in [1.54, 1.807) is 0 Å². The number of nitrogens with one attached hydrogen (secondary N) is 1. The Morgan fingerprint density at radius 2 is 1.85 bits per heavy atom. The second kappa shape index (κ2) is 4.09.